The normalized spacial score (nSPS) is 25.5. The van der Waals surface area contributed by atoms with E-state index in [2.05, 4.69) is 9.88 Å². The van der Waals surface area contributed by atoms with E-state index in [0.29, 0.717) is 18.7 Å². The van der Waals surface area contributed by atoms with Crippen LogP contribution in [0.3, 0.4) is 0 Å². The number of likely N-dealkylation sites (tertiary alicyclic amines) is 1. The zero-order valence-corrected chi connectivity index (χ0v) is 11.7. The van der Waals surface area contributed by atoms with Crippen molar-refractivity contribution in [3.63, 3.8) is 0 Å². The smallest absolute Gasteiger partial charge is 0.107 e. The second-order valence-electron chi connectivity index (χ2n) is 4.17. The van der Waals surface area contributed by atoms with Crippen LogP contribution in [0.2, 0.25) is 0 Å². The molecule has 1 aromatic heterocycles. The van der Waals surface area contributed by atoms with E-state index >= 15 is 0 Å². The third-order valence-corrected chi connectivity index (χ3v) is 3.98. The molecule has 1 saturated heterocycles. The topological polar surface area (TPSA) is 51.4 Å². The lowest BCUT2D eigenvalue weighted by Gasteiger charge is -2.37. The average molecular weight is 278 g/mol. The highest BCUT2D eigenvalue weighted by Gasteiger charge is 2.27. The first-order chi connectivity index (χ1) is 7.83. The molecule has 0 spiro atoms. The van der Waals surface area contributed by atoms with E-state index in [1.807, 2.05) is 11.6 Å². The molecule has 2 rings (SSSR count). The molecule has 2 heterocycles. The molecule has 0 amide bonds. The number of nitrogens with two attached hydrogens (primary N) is 1. The van der Waals surface area contributed by atoms with Gasteiger partial charge in [0, 0.05) is 37.8 Å². The first-order valence-corrected chi connectivity index (χ1v) is 6.56. The standard InChI is InChI=1S/C11H19N3OS.ClH/c1-15-10-2-4-14(9(6-10)7-12)8-11-13-3-5-16-11;/h3,5,9-10H,2,4,6-8,12H2,1H3;1H. The summed E-state index contributed by atoms with van der Waals surface area (Å²) in [6.45, 7) is 2.68. The lowest BCUT2D eigenvalue weighted by Crippen LogP contribution is -2.47. The third-order valence-electron chi connectivity index (χ3n) is 3.22. The number of hydrogen-bond acceptors (Lipinski definition) is 5. The van der Waals surface area contributed by atoms with Crippen LogP contribution in [0.5, 0.6) is 0 Å². The summed E-state index contributed by atoms with van der Waals surface area (Å²) in [4.78, 5) is 6.75. The Hall–Kier alpha value is -0.200. The first kappa shape index (κ1) is 14.9. The molecule has 2 atom stereocenters. The lowest BCUT2D eigenvalue weighted by atomic mass is 9.99. The number of piperidine rings is 1. The number of thiazole rings is 1. The molecular weight excluding hydrogens is 258 g/mol. The quantitative estimate of drug-likeness (QED) is 0.906. The van der Waals surface area contributed by atoms with Crippen molar-refractivity contribution < 1.29 is 4.74 Å². The fourth-order valence-electron chi connectivity index (χ4n) is 2.24. The SMILES string of the molecule is COC1CCN(Cc2nccs2)C(CN)C1.Cl. The van der Waals surface area contributed by atoms with Crippen LogP contribution in [0.25, 0.3) is 0 Å². The predicted octanol–water partition coefficient (Wildman–Crippen LogP) is 1.50. The molecule has 0 radical (unpaired) electrons. The van der Waals surface area contributed by atoms with Gasteiger partial charge in [0.05, 0.1) is 12.6 Å². The Balaban J connectivity index is 0.00000144. The maximum Gasteiger partial charge on any atom is 0.107 e. The van der Waals surface area contributed by atoms with Crippen LogP contribution >= 0.6 is 23.7 Å². The zero-order chi connectivity index (χ0) is 11.4. The molecule has 4 nitrogen and oxygen atoms in total. The van der Waals surface area contributed by atoms with E-state index in [-0.39, 0.29) is 12.4 Å². The average Bonchev–Trinajstić information content (AvgIpc) is 2.82. The summed E-state index contributed by atoms with van der Waals surface area (Å²) in [5.41, 5.74) is 5.83. The highest BCUT2D eigenvalue weighted by atomic mass is 35.5. The number of halogens is 1. The summed E-state index contributed by atoms with van der Waals surface area (Å²) in [5.74, 6) is 0. The number of aromatic nitrogens is 1. The van der Waals surface area contributed by atoms with Crippen molar-refractivity contribution >= 4 is 23.7 Å². The van der Waals surface area contributed by atoms with Crippen LogP contribution in [-0.4, -0.2) is 42.2 Å². The molecule has 2 N–H and O–H groups in total. The Kier molecular flexibility index (Phi) is 6.37. The van der Waals surface area contributed by atoms with Crippen LogP contribution in [0, 0.1) is 0 Å². The maximum atomic E-state index is 5.83. The predicted molar refractivity (Wildman–Crippen MR) is 72.6 cm³/mol. The van der Waals surface area contributed by atoms with Gasteiger partial charge >= 0.3 is 0 Å². The molecular formula is C11H20ClN3OS. The van der Waals surface area contributed by atoms with Gasteiger partial charge < -0.3 is 10.5 Å². The summed E-state index contributed by atoms with van der Waals surface area (Å²) in [6.07, 6.45) is 4.37. The third kappa shape index (κ3) is 3.89. The van der Waals surface area contributed by atoms with Gasteiger partial charge in [0.25, 0.3) is 0 Å². The minimum atomic E-state index is 0. The highest BCUT2D eigenvalue weighted by Crippen LogP contribution is 2.21. The number of rotatable bonds is 4. The van der Waals surface area contributed by atoms with Crippen LogP contribution in [0.1, 0.15) is 17.8 Å². The van der Waals surface area contributed by atoms with E-state index in [4.69, 9.17) is 10.5 Å². The van der Waals surface area contributed by atoms with E-state index < -0.39 is 0 Å². The van der Waals surface area contributed by atoms with Crippen molar-refractivity contribution in [3.05, 3.63) is 16.6 Å². The zero-order valence-electron chi connectivity index (χ0n) is 10.0. The maximum absolute atomic E-state index is 5.83. The molecule has 0 saturated carbocycles. The Labute approximate surface area is 113 Å². The van der Waals surface area contributed by atoms with Gasteiger partial charge in [-0.05, 0) is 12.8 Å². The summed E-state index contributed by atoms with van der Waals surface area (Å²) < 4.78 is 5.41. The first-order valence-electron chi connectivity index (χ1n) is 5.68. The second-order valence-corrected chi connectivity index (χ2v) is 5.15. The van der Waals surface area contributed by atoms with Crippen molar-refractivity contribution in [1.82, 2.24) is 9.88 Å². The molecule has 1 fully saturated rings. The summed E-state index contributed by atoms with van der Waals surface area (Å²) in [6, 6.07) is 0.433. The highest BCUT2D eigenvalue weighted by molar-refractivity contribution is 7.09. The molecule has 1 aliphatic rings. The Morgan fingerprint density at radius 1 is 1.65 bits per heavy atom. The summed E-state index contributed by atoms with van der Waals surface area (Å²) in [7, 11) is 1.79. The largest absolute Gasteiger partial charge is 0.381 e. The molecule has 0 aliphatic carbocycles. The van der Waals surface area contributed by atoms with E-state index in [0.717, 1.165) is 25.9 Å². The molecule has 17 heavy (non-hydrogen) atoms. The van der Waals surface area contributed by atoms with Crippen LogP contribution in [0.4, 0.5) is 0 Å². The van der Waals surface area contributed by atoms with Crippen LogP contribution < -0.4 is 5.73 Å². The molecule has 1 aromatic rings. The van der Waals surface area contributed by atoms with Crippen LogP contribution in [-0.2, 0) is 11.3 Å². The van der Waals surface area contributed by atoms with Gasteiger partial charge in [-0.25, -0.2) is 4.98 Å². The minimum Gasteiger partial charge on any atom is -0.381 e. The number of ether oxygens (including phenoxy) is 1. The summed E-state index contributed by atoms with van der Waals surface area (Å²) >= 11 is 1.71. The fourth-order valence-corrected chi connectivity index (χ4v) is 2.88. The van der Waals surface area contributed by atoms with Gasteiger partial charge in [0.15, 0.2) is 0 Å². The molecule has 0 aromatic carbocycles. The van der Waals surface area contributed by atoms with Crippen molar-refractivity contribution in [2.45, 2.75) is 31.5 Å². The lowest BCUT2D eigenvalue weighted by molar-refractivity contribution is 0.0102. The number of methoxy groups -OCH3 is 1. The van der Waals surface area contributed by atoms with Crippen molar-refractivity contribution in [1.29, 1.82) is 0 Å². The molecule has 0 bridgehead atoms. The Bertz CT molecular complexity index is 310. The van der Waals surface area contributed by atoms with Gasteiger partial charge in [0.1, 0.15) is 5.01 Å². The van der Waals surface area contributed by atoms with E-state index in [1.165, 1.54) is 5.01 Å². The van der Waals surface area contributed by atoms with Gasteiger partial charge in [0.2, 0.25) is 0 Å². The Morgan fingerprint density at radius 3 is 3.06 bits per heavy atom. The van der Waals surface area contributed by atoms with Crippen molar-refractivity contribution in [2.24, 2.45) is 5.73 Å². The molecule has 98 valence electrons. The van der Waals surface area contributed by atoms with E-state index in [9.17, 15) is 0 Å². The minimum absolute atomic E-state index is 0. The van der Waals surface area contributed by atoms with Gasteiger partial charge in [-0.1, -0.05) is 0 Å². The van der Waals surface area contributed by atoms with Crippen molar-refractivity contribution in [3.8, 4) is 0 Å². The summed E-state index contributed by atoms with van der Waals surface area (Å²) in [5, 5.41) is 3.20. The van der Waals surface area contributed by atoms with E-state index in [1.54, 1.807) is 18.4 Å². The van der Waals surface area contributed by atoms with Crippen LogP contribution in [0.15, 0.2) is 11.6 Å². The van der Waals surface area contributed by atoms with Crippen molar-refractivity contribution in [2.75, 3.05) is 20.2 Å². The molecule has 2 unspecified atom stereocenters. The van der Waals surface area contributed by atoms with Gasteiger partial charge in [-0.15, -0.1) is 23.7 Å². The fraction of sp³-hybridized carbons (Fsp3) is 0.727. The van der Waals surface area contributed by atoms with Gasteiger partial charge in [-0.3, -0.25) is 4.90 Å². The second kappa shape index (κ2) is 7.28. The number of hydrogen-bond donors (Lipinski definition) is 1. The molecule has 6 heteroatoms. The van der Waals surface area contributed by atoms with Gasteiger partial charge in [-0.2, -0.15) is 0 Å². The number of nitrogens with zero attached hydrogens (tertiary/aromatic N) is 2. The Morgan fingerprint density at radius 2 is 2.47 bits per heavy atom. The molecule has 1 aliphatic heterocycles. The monoisotopic (exact) mass is 277 g/mol.